The summed E-state index contributed by atoms with van der Waals surface area (Å²) in [5.74, 6) is 0. The number of carbonyl (C=O) groups is 2. The first-order valence-corrected chi connectivity index (χ1v) is 9.13. The molecule has 1 aliphatic carbocycles. The molecule has 1 aliphatic rings. The van der Waals surface area contributed by atoms with Crippen molar-refractivity contribution >= 4 is 17.9 Å². The Morgan fingerprint density at radius 1 is 1.00 bits per heavy atom. The number of ether oxygens (including phenoxy) is 2. The largest absolute Gasteiger partial charge is 0.443 e. The summed E-state index contributed by atoms with van der Waals surface area (Å²) in [5.41, 5.74) is -4.88. The molecule has 0 spiro atoms. The lowest BCUT2D eigenvalue weighted by atomic mass is 9.95. The van der Waals surface area contributed by atoms with Crippen molar-refractivity contribution in [1.29, 1.82) is 0 Å². The van der Waals surface area contributed by atoms with Crippen molar-refractivity contribution in [3.63, 3.8) is 0 Å². The van der Waals surface area contributed by atoms with Gasteiger partial charge in [0.05, 0.1) is 5.69 Å². The van der Waals surface area contributed by atoms with Crippen molar-refractivity contribution in [3.05, 3.63) is 29.3 Å². The van der Waals surface area contributed by atoms with E-state index >= 15 is 0 Å². The molecule has 162 valence electrons. The van der Waals surface area contributed by atoms with Gasteiger partial charge >= 0.3 is 18.4 Å². The maximum absolute atomic E-state index is 13.3. The molecule has 9 heteroatoms. The fourth-order valence-electron chi connectivity index (χ4n) is 2.97. The zero-order valence-corrected chi connectivity index (χ0v) is 17.3. The van der Waals surface area contributed by atoms with E-state index in [1.165, 1.54) is 6.07 Å². The molecular weight excluding hydrogens is 391 g/mol. The zero-order valence-electron chi connectivity index (χ0n) is 17.3. The first-order chi connectivity index (χ1) is 12.9. The number of benzene rings is 1. The van der Waals surface area contributed by atoms with Gasteiger partial charge in [0.15, 0.2) is 5.60 Å². The van der Waals surface area contributed by atoms with Crippen LogP contribution >= 0.6 is 0 Å². The molecule has 1 aromatic carbocycles. The minimum Gasteiger partial charge on any atom is -0.443 e. The Bertz CT molecular complexity index is 780. The standard InChI is InChI=1S/C20H26F3NO5/c1-17(2,3)28-15(25)24(16(26)29-18(4,5)6)13-7-8-14-12(11-13)9-10-19(14,27)20(21,22)23/h7-8,11,27H,9-10H2,1-6H3. The number of hydrogen-bond donors (Lipinski definition) is 1. The van der Waals surface area contributed by atoms with Gasteiger partial charge in [0.2, 0.25) is 0 Å². The van der Waals surface area contributed by atoms with Gasteiger partial charge in [-0.1, -0.05) is 6.07 Å². The molecule has 0 aliphatic heterocycles. The number of aliphatic hydroxyl groups is 1. The molecule has 1 atom stereocenters. The van der Waals surface area contributed by atoms with E-state index in [9.17, 15) is 27.9 Å². The third kappa shape index (κ3) is 5.01. The van der Waals surface area contributed by atoms with E-state index in [2.05, 4.69) is 0 Å². The monoisotopic (exact) mass is 417 g/mol. The third-order valence-corrected chi connectivity index (χ3v) is 4.17. The Labute approximate surface area is 167 Å². The van der Waals surface area contributed by atoms with Crippen LogP contribution < -0.4 is 4.90 Å². The van der Waals surface area contributed by atoms with E-state index in [4.69, 9.17) is 9.47 Å². The Hall–Kier alpha value is -2.29. The number of rotatable bonds is 1. The van der Waals surface area contributed by atoms with Crippen molar-refractivity contribution in [1.82, 2.24) is 0 Å². The van der Waals surface area contributed by atoms with Crippen molar-refractivity contribution in [2.24, 2.45) is 0 Å². The Kier molecular flexibility index (Phi) is 5.70. The maximum atomic E-state index is 13.3. The Morgan fingerprint density at radius 2 is 1.48 bits per heavy atom. The first-order valence-electron chi connectivity index (χ1n) is 9.13. The van der Waals surface area contributed by atoms with E-state index in [1.54, 1.807) is 41.5 Å². The van der Waals surface area contributed by atoms with Gasteiger partial charge in [0, 0.05) is 0 Å². The normalized spacial score (nSPS) is 19.5. The molecule has 0 aromatic heterocycles. The van der Waals surface area contributed by atoms with E-state index < -0.39 is 41.6 Å². The highest BCUT2D eigenvalue weighted by atomic mass is 19.4. The smallest absolute Gasteiger partial charge is 0.424 e. The highest BCUT2D eigenvalue weighted by Gasteiger charge is 2.57. The lowest BCUT2D eigenvalue weighted by molar-refractivity contribution is -0.265. The lowest BCUT2D eigenvalue weighted by Gasteiger charge is -2.29. The molecule has 1 N–H and O–H groups in total. The highest BCUT2D eigenvalue weighted by molar-refractivity contribution is 6.09. The van der Waals surface area contributed by atoms with Gasteiger partial charge in [0.25, 0.3) is 0 Å². The van der Waals surface area contributed by atoms with Crippen LogP contribution in [0.2, 0.25) is 0 Å². The van der Waals surface area contributed by atoms with Crippen molar-refractivity contribution < 1.29 is 37.3 Å². The summed E-state index contributed by atoms with van der Waals surface area (Å²) in [6, 6.07) is 3.51. The predicted molar refractivity (Wildman–Crippen MR) is 99.7 cm³/mol. The SMILES string of the molecule is CC(C)(C)OC(=O)N(C(=O)OC(C)(C)C)c1ccc2c(c1)CCC2(O)C(F)(F)F. The second kappa shape index (κ2) is 7.19. The number of halogens is 3. The van der Waals surface area contributed by atoms with Crippen LogP contribution in [0.1, 0.15) is 59.1 Å². The molecule has 1 unspecified atom stereocenters. The predicted octanol–water partition coefficient (Wildman–Crippen LogP) is 5.06. The Morgan fingerprint density at radius 3 is 1.90 bits per heavy atom. The highest BCUT2D eigenvalue weighted by Crippen LogP contribution is 2.48. The van der Waals surface area contributed by atoms with Crippen molar-refractivity contribution in [2.45, 2.75) is 77.4 Å². The quantitative estimate of drug-likeness (QED) is 0.691. The van der Waals surface area contributed by atoms with Crippen LogP contribution in [-0.4, -0.2) is 34.7 Å². The molecule has 0 heterocycles. The lowest BCUT2D eigenvalue weighted by Crippen LogP contribution is -2.44. The van der Waals surface area contributed by atoms with E-state index in [1.807, 2.05) is 0 Å². The number of nitrogens with zero attached hydrogens (tertiary/aromatic N) is 1. The first kappa shape index (κ1) is 23.0. The molecule has 2 amide bonds. The molecule has 6 nitrogen and oxygen atoms in total. The molecule has 0 fully saturated rings. The van der Waals surface area contributed by atoms with Gasteiger partial charge in [0.1, 0.15) is 11.2 Å². The molecular formula is C20H26F3NO5. The number of alkyl halides is 3. The zero-order chi connectivity index (χ0) is 22.4. The average Bonchev–Trinajstić information content (AvgIpc) is 2.81. The number of anilines is 1. The molecule has 0 radical (unpaired) electrons. The molecule has 29 heavy (non-hydrogen) atoms. The maximum Gasteiger partial charge on any atom is 0.424 e. The minimum absolute atomic E-state index is 0.00123. The van der Waals surface area contributed by atoms with Crippen LogP contribution in [0.5, 0.6) is 0 Å². The summed E-state index contributed by atoms with van der Waals surface area (Å²) < 4.78 is 50.4. The number of fused-ring (bicyclic) bond motifs is 1. The fraction of sp³-hybridized carbons (Fsp3) is 0.600. The van der Waals surface area contributed by atoms with E-state index in [0.717, 1.165) is 12.1 Å². The van der Waals surface area contributed by atoms with Gasteiger partial charge in [-0.25, -0.2) is 9.59 Å². The van der Waals surface area contributed by atoms with Gasteiger partial charge in [-0.2, -0.15) is 18.1 Å². The summed E-state index contributed by atoms with van der Waals surface area (Å²) in [6.07, 6.45) is -7.47. The third-order valence-electron chi connectivity index (χ3n) is 4.17. The van der Waals surface area contributed by atoms with Crippen LogP contribution in [-0.2, 0) is 21.5 Å². The van der Waals surface area contributed by atoms with Gasteiger partial charge in [-0.3, -0.25) is 0 Å². The van der Waals surface area contributed by atoms with Crippen molar-refractivity contribution in [3.8, 4) is 0 Å². The van der Waals surface area contributed by atoms with Crippen LogP contribution in [0.4, 0.5) is 28.4 Å². The Balaban J connectivity index is 2.47. The molecule has 0 saturated carbocycles. The molecule has 1 aromatic rings. The van der Waals surface area contributed by atoms with Crippen molar-refractivity contribution in [2.75, 3.05) is 4.90 Å². The van der Waals surface area contributed by atoms with E-state index in [-0.39, 0.29) is 23.2 Å². The molecule has 0 bridgehead atoms. The summed E-state index contributed by atoms with van der Waals surface area (Å²) in [4.78, 5) is 25.9. The van der Waals surface area contributed by atoms with Gasteiger partial charge < -0.3 is 14.6 Å². The van der Waals surface area contributed by atoms with Gasteiger partial charge in [-0.05, 0) is 77.6 Å². The second-order valence-corrected chi connectivity index (χ2v) is 9.00. The minimum atomic E-state index is -4.84. The number of aryl methyl sites for hydroxylation is 1. The van der Waals surface area contributed by atoms with Crippen LogP contribution in [0.15, 0.2) is 18.2 Å². The fourth-order valence-corrected chi connectivity index (χ4v) is 2.97. The van der Waals surface area contributed by atoms with Crippen LogP contribution in [0.25, 0.3) is 0 Å². The summed E-state index contributed by atoms with van der Waals surface area (Å²) in [5, 5.41) is 10.1. The molecule has 2 rings (SSSR count). The molecule has 0 saturated heterocycles. The number of carbonyl (C=O) groups excluding carboxylic acids is 2. The second-order valence-electron chi connectivity index (χ2n) is 9.00. The topological polar surface area (TPSA) is 76.1 Å². The summed E-state index contributed by atoms with van der Waals surface area (Å²) in [7, 11) is 0. The van der Waals surface area contributed by atoms with Crippen LogP contribution in [0.3, 0.4) is 0 Å². The van der Waals surface area contributed by atoms with Crippen LogP contribution in [0, 0.1) is 0 Å². The summed E-state index contributed by atoms with van der Waals surface area (Å²) >= 11 is 0. The number of amides is 2. The average molecular weight is 417 g/mol. The number of imide groups is 1. The van der Waals surface area contributed by atoms with Gasteiger partial charge in [-0.15, -0.1) is 0 Å². The number of hydrogen-bond acceptors (Lipinski definition) is 5. The van der Waals surface area contributed by atoms with E-state index in [0.29, 0.717) is 4.90 Å². The summed E-state index contributed by atoms with van der Waals surface area (Å²) in [6.45, 7) is 9.69.